The van der Waals surface area contributed by atoms with Crippen LogP contribution in [0.1, 0.15) is 44.0 Å². The van der Waals surface area contributed by atoms with Crippen molar-refractivity contribution in [3.63, 3.8) is 0 Å². The highest BCUT2D eigenvalue weighted by molar-refractivity contribution is 7.98. The number of carboxylic acids is 1. The molecule has 1 aliphatic rings. The van der Waals surface area contributed by atoms with Gasteiger partial charge < -0.3 is 15.7 Å². The van der Waals surface area contributed by atoms with Crippen molar-refractivity contribution < 1.29 is 14.7 Å². The Balaban J connectivity index is 1.63. The number of rotatable bonds is 7. The fraction of sp³-hybridized carbons (Fsp3) is 0.556. The minimum absolute atomic E-state index is 0.0111. The number of thioether (sulfide) groups is 1. The molecule has 0 aromatic carbocycles. The van der Waals surface area contributed by atoms with Crippen LogP contribution in [-0.2, 0) is 4.79 Å². The number of carbonyl (C=O) groups excluding carboxylic acids is 1. The summed E-state index contributed by atoms with van der Waals surface area (Å²) in [6.45, 7) is 0. The molecule has 8 nitrogen and oxygen atoms in total. The van der Waals surface area contributed by atoms with E-state index in [-0.39, 0.29) is 24.0 Å². The minimum atomic E-state index is -0.742. The number of amides is 2. The van der Waals surface area contributed by atoms with Crippen molar-refractivity contribution in [3.05, 3.63) is 30.2 Å². The Morgan fingerprint density at radius 2 is 2.07 bits per heavy atom. The van der Waals surface area contributed by atoms with Gasteiger partial charge in [0, 0.05) is 12.2 Å². The largest absolute Gasteiger partial charge is 0.481 e. The van der Waals surface area contributed by atoms with Gasteiger partial charge >= 0.3 is 12.0 Å². The Morgan fingerprint density at radius 1 is 1.30 bits per heavy atom. The molecule has 1 unspecified atom stereocenters. The van der Waals surface area contributed by atoms with Gasteiger partial charge in [0.2, 0.25) is 0 Å². The van der Waals surface area contributed by atoms with E-state index in [0.717, 1.165) is 17.8 Å². The average Bonchev–Trinajstić information content (AvgIpc) is 3.09. The lowest BCUT2D eigenvalue weighted by atomic mass is 9.86. The van der Waals surface area contributed by atoms with Crippen molar-refractivity contribution in [1.82, 2.24) is 25.2 Å². The first kappa shape index (κ1) is 19.5. The molecule has 146 valence electrons. The summed E-state index contributed by atoms with van der Waals surface area (Å²) in [6.07, 6.45) is 7.25. The predicted octanol–water partition coefficient (Wildman–Crippen LogP) is 2.47. The number of aliphatic carboxylic acids is 1. The van der Waals surface area contributed by atoms with Crippen LogP contribution in [0.4, 0.5) is 4.79 Å². The molecule has 1 aliphatic carbocycles. The first-order chi connectivity index (χ1) is 13.1. The number of aromatic nitrogens is 3. The van der Waals surface area contributed by atoms with Gasteiger partial charge in [0.25, 0.3) is 0 Å². The van der Waals surface area contributed by atoms with Gasteiger partial charge in [-0.2, -0.15) is 11.8 Å². The van der Waals surface area contributed by atoms with E-state index < -0.39 is 5.97 Å². The summed E-state index contributed by atoms with van der Waals surface area (Å²) in [5.74, 6) is 0.567. The molecule has 0 aliphatic heterocycles. The number of urea groups is 1. The maximum absolute atomic E-state index is 12.5. The molecule has 1 fully saturated rings. The number of hydrogen-bond acceptors (Lipinski definition) is 5. The SMILES string of the molecule is CSCCC(NC(=O)NC1CCC(C(=O)O)CC1)c1nnc2ccccn12. The fourth-order valence-electron chi connectivity index (χ4n) is 3.47. The summed E-state index contributed by atoms with van der Waals surface area (Å²) in [4.78, 5) is 23.6. The Labute approximate surface area is 162 Å². The lowest BCUT2D eigenvalue weighted by molar-refractivity contribution is -0.142. The van der Waals surface area contributed by atoms with E-state index in [1.54, 1.807) is 11.8 Å². The van der Waals surface area contributed by atoms with Gasteiger partial charge in [-0.1, -0.05) is 6.07 Å². The molecule has 2 aromatic heterocycles. The van der Waals surface area contributed by atoms with Crippen LogP contribution in [0.2, 0.25) is 0 Å². The van der Waals surface area contributed by atoms with Crippen molar-refractivity contribution in [2.24, 2.45) is 5.92 Å². The van der Waals surface area contributed by atoms with Crippen molar-refractivity contribution >= 4 is 29.4 Å². The Morgan fingerprint density at radius 3 is 2.78 bits per heavy atom. The highest BCUT2D eigenvalue weighted by Gasteiger charge is 2.27. The van der Waals surface area contributed by atoms with Crippen molar-refractivity contribution in [2.45, 2.75) is 44.2 Å². The van der Waals surface area contributed by atoms with Crippen LogP contribution in [0.15, 0.2) is 24.4 Å². The second-order valence-electron chi connectivity index (χ2n) is 6.83. The number of fused-ring (bicyclic) bond motifs is 1. The zero-order valence-corrected chi connectivity index (χ0v) is 16.1. The minimum Gasteiger partial charge on any atom is -0.481 e. The van der Waals surface area contributed by atoms with Gasteiger partial charge in [0.15, 0.2) is 11.5 Å². The molecule has 1 atom stereocenters. The maximum atomic E-state index is 12.5. The highest BCUT2D eigenvalue weighted by Crippen LogP contribution is 2.24. The zero-order chi connectivity index (χ0) is 19.2. The molecule has 2 aromatic rings. The standard InChI is InChI=1S/C18H25N5O3S/c1-27-11-9-14(16-22-21-15-4-2-3-10-23(15)16)20-18(26)19-13-7-5-12(6-8-13)17(24)25/h2-4,10,12-14H,5-9,11H2,1H3,(H,24,25)(H2,19,20,26). The number of nitrogens with one attached hydrogen (secondary N) is 2. The molecule has 9 heteroatoms. The Hall–Kier alpha value is -2.29. The normalized spacial score (nSPS) is 20.9. The molecule has 3 rings (SSSR count). The number of hydrogen-bond donors (Lipinski definition) is 3. The first-order valence-electron chi connectivity index (χ1n) is 9.17. The monoisotopic (exact) mass is 391 g/mol. The quantitative estimate of drug-likeness (QED) is 0.669. The predicted molar refractivity (Wildman–Crippen MR) is 104 cm³/mol. The lowest BCUT2D eigenvalue weighted by Crippen LogP contribution is -2.45. The van der Waals surface area contributed by atoms with E-state index in [4.69, 9.17) is 5.11 Å². The van der Waals surface area contributed by atoms with Crippen molar-refractivity contribution in [3.8, 4) is 0 Å². The molecular formula is C18H25N5O3S. The number of nitrogens with zero attached hydrogens (tertiary/aromatic N) is 3. The molecule has 27 heavy (non-hydrogen) atoms. The Kier molecular flexibility index (Phi) is 6.54. The zero-order valence-electron chi connectivity index (χ0n) is 15.3. The Bertz CT molecular complexity index is 788. The molecule has 2 amide bonds. The van der Waals surface area contributed by atoms with Crippen LogP contribution in [0.25, 0.3) is 5.65 Å². The molecule has 0 spiro atoms. The summed E-state index contributed by atoms with van der Waals surface area (Å²) >= 11 is 1.71. The van der Waals surface area contributed by atoms with Crippen LogP contribution in [-0.4, -0.2) is 49.8 Å². The highest BCUT2D eigenvalue weighted by atomic mass is 32.2. The lowest BCUT2D eigenvalue weighted by Gasteiger charge is -2.27. The average molecular weight is 391 g/mol. The van der Waals surface area contributed by atoms with Crippen molar-refractivity contribution in [1.29, 1.82) is 0 Å². The van der Waals surface area contributed by atoms with Crippen LogP contribution >= 0.6 is 11.8 Å². The van der Waals surface area contributed by atoms with E-state index >= 15 is 0 Å². The van der Waals surface area contributed by atoms with E-state index in [1.165, 1.54) is 0 Å². The third kappa shape index (κ3) is 4.91. The molecule has 0 radical (unpaired) electrons. The molecular weight excluding hydrogens is 366 g/mol. The molecule has 0 bridgehead atoms. The summed E-state index contributed by atoms with van der Waals surface area (Å²) in [5.41, 5.74) is 0.746. The molecule has 1 saturated carbocycles. The second-order valence-corrected chi connectivity index (χ2v) is 7.81. The topological polar surface area (TPSA) is 109 Å². The fourth-order valence-corrected chi connectivity index (χ4v) is 3.94. The van der Waals surface area contributed by atoms with Crippen LogP contribution in [0.3, 0.4) is 0 Å². The summed E-state index contributed by atoms with van der Waals surface area (Å²) in [6, 6.07) is 5.21. The number of carbonyl (C=O) groups is 2. The van der Waals surface area contributed by atoms with Crippen LogP contribution in [0, 0.1) is 5.92 Å². The molecule has 3 N–H and O–H groups in total. The van der Waals surface area contributed by atoms with Gasteiger partial charge in [-0.15, -0.1) is 10.2 Å². The number of pyridine rings is 1. The molecule has 2 heterocycles. The third-order valence-electron chi connectivity index (χ3n) is 4.98. The van der Waals surface area contributed by atoms with Crippen LogP contribution < -0.4 is 10.6 Å². The van der Waals surface area contributed by atoms with E-state index in [9.17, 15) is 9.59 Å². The van der Waals surface area contributed by atoms with Gasteiger partial charge in [0.1, 0.15) is 0 Å². The second kappa shape index (κ2) is 9.07. The van der Waals surface area contributed by atoms with Crippen molar-refractivity contribution in [2.75, 3.05) is 12.0 Å². The first-order valence-corrected chi connectivity index (χ1v) is 10.6. The van der Waals surface area contributed by atoms with Gasteiger partial charge in [-0.05, 0) is 56.2 Å². The summed E-state index contributed by atoms with van der Waals surface area (Å²) in [5, 5.41) is 23.5. The maximum Gasteiger partial charge on any atom is 0.315 e. The van der Waals surface area contributed by atoms with Crippen LogP contribution in [0.5, 0.6) is 0 Å². The molecule has 0 saturated heterocycles. The van der Waals surface area contributed by atoms with Gasteiger partial charge in [-0.25, -0.2) is 4.79 Å². The van der Waals surface area contributed by atoms with E-state index in [2.05, 4.69) is 20.8 Å². The number of carboxylic acid groups (broad SMARTS) is 1. The summed E-state index contributed by atoms with van der Waals surface area (Å²) in [7, 11) is 0. The van der Waals surface area contributed by atoms with E-state index in [1.807, 2.05) is 35.1 Å². The van der Waals surface area contributed by atoms with Gasteiger partial charge in [0.05, 0.1) is 12.0 Å². The van der Waals surface area contributed by atoms with Gasteiger partial charge in [-0.3, -0.25) is 9.20 Å². The summed E-state index contributed by atoms with van der Waals surface area (Å²) < 4.78 is 1.89. The smallest absolute Gasteiger partial charge is 0.315 e. The third-order valence-corrected chi connectivity index (χ3v) is 5.62. The van der Waals surface area contributed by atoms with E-state index in [0.29, 0.717) is 31.5 Å².